The van der Waals surface area contributed by atoms with Crippen LogP contribution in [-0.2, 0) is 0 Å². The third-order valence-electron chi connectivity index (χ3n) is 3.70. The number of hydrogen-bond acceptors (Lipinski definition) is 4. The second kappa shape index (κ2) is 5.84. The fourth-order valence-corrected chi connectivity index (χ4v) is 3.22. The van der Waals surface area contributed by atoms with E-state index in [0.29, 0.717) is 5.69 Å². The molecule has 0 spiro atoms. The molecule has 3 N–H and O–H groups in total. The first-order valence-corrected chi connectivity index (χ1v) is 8.14. The Hall–Kier alpha value is -2.41. The van der Waals surface area contributed by atoms with E-state index in [0.717, 1.165) is 10.9 Å². The van der Waals surface area contributed by atoms with Crippen LogP contribution in [-0.4, -0.2) is 21.9 Å². The van der Waals surface area contributed by atoms with Crippen LogP contribution in [0.1, 0.15) is 16.1 Å². The number of benzene rings is 2. The topological polar surface area (TPSA) is 86.7 Å². The first-order valence-electron chi connectivity index (χ1n) is 7.00. The maximum absolute atomic E-state index is 12.3. The number of phenolic OH excluding ortho intramolecular Hbond substituents is 1. The molecule has 0 radical (unpaired) electrons. The molecular formula is C16H8Cl3N3O3. The van der Waals surface area contributed by atoms with E-state index in [-0.39, 0.29) is 32.3 Å². The molecule has 0 fully saturated rings. The molecule has 6 nitrogen and oxygen atoms in total. The number of nitrogens with zero attached hydrogens (tertiary/aromatic N) is 1. The van der Waals surface area contributed by atoms with E-state index in [9.17, 15) is 9.90 Å². The van der Waals surface area contributed by atoms with Crippen LogP contribution < -0.4 is 10.2 Å². The first kappa shape index (κ1) is 16.1. The van der Waals surface area contributed by atoms with Crippen LogP contribution in [0.15, 0.2) is 35.4 Å². The molecule has 126 valence electrons. The normalized spacial score (nSPS) is 13.7. The maximum atomic E-state index is 12.3. The molecule has 0 bridgehead atoms. The van der Waals surface area contributed by atoms with Gasteiger partial charge >= 0.3 is 0 Å². The van der Waals surface area contributed by atoms with Gasteiger partial charge in [0.2, 0.25) is 0 Å². The van der Waals surface area contributed by atoms with E-state index in [1.807, 2.05) is 30.3 Å². The molecular weight excluding hydrogens is 389 g/mol. The minimum atomic E-state index is -0.681. The van der Waals surface area contributed by atoms with Gasteiger partial charge < -0.3 is 14.8 Å². The van der Waals surface area contributed by atoms with Crippen LogP contribution in [0.2, 0.25) is 15.1 Å². The predicted molar refractivity (Wildman–Crippen MR) is 96.1 cm³/mol. The number of rotatable bonds is 1. The van der Waals surface area contributed by atoms with Gasteiger partial charge in [-0.2, -0.15) is 0 Å². The third kappa shape index (κ3) is 2.50. The number of phenols is 1. The van der Waals surface area contributed by atoms with Crippen molar-refractivity contribution in [1.82, 2.24) is 10.4 Å². The highest BCUT2D eigenvalue weighted by molar-refractivity contribution is 6.47. The first-order chi connectivity index (χ1) is 12.0. The van der Waals surface area contributed by atoms with Gasteiger partial charge in [-0.25, -0.2) is 5.43 Å². The number of carbonyl (C=O) groups excluding carboxylic acids is 1. The van der Waals surface area contributed by atoms with Crippen LogP contribution in [0.4, 0.5) is 0 Å². The second-order valence-corrected chi connectivity index (χ2v) is 6.36. The monoisotopic (exact) mass is 395 g/mol. The van der Waals surface area contributed by atoms with Crippen LogP contribution in [0.3, 0.4) is 0 Å². The van der Waals surface area contributed by atoms with Crippen LogP contribution >= 0.6 is 34.8 Å². The molecule has 9 heteroatoms. The number of halogens is 3. The number of ether oxygens (including phenoxy) is 1. The van der Waals surface area contributed by atoms with Crippen molar-refractivity contribution in [2.24, 2.45) is 5.10 Å². The van der Waals surface area contributed by atoms with Crippen molar-refractivity contribution in [1.29, 1.82) is 0 Å². The van der Waals surface area contributed by atoms with Gasteiger partial charge in [0.05, 0.1) is 0 Å². The highest BCUT2D eigenvalue weighted by Crippen LogP contribution is 2.47. The predicted octanol–water partition coefficient (Wildman–Crippen LogP) is 4.32. The fraction of sp³-hybridized carbons (Fsp3) is 0. The van der Waals surface area contributed by atoms with Crippen molar-refractivity contribution in [3.05, 3.63) is 56.7 Å². The van der Waals surface area contributed by atoms with Crippen molar-refractivity contribution in [3.8, 4) is 11.5 Å². The molecule has 1 aromatic heterocycles. The molecule has 0 atom stereocenters. The molecule has 3 aromatic rings. The number of carbonyl (C=O) groups is 1. The number of hydrazone groups is 1. The van der Waals surface area contributed by atoms with Gasteiger partial charge in [-0.3, -0.25) is 4.79 Å². The summed E-state index contributed by atoms with van der Waals surface area (Å²) in [7, 11) is 0. The van der Waals surface area contributed by atoms with Crippen molar-refractivity contribution in [2.45, 2.75) is 0 Å². The molecule has 2 heterocycles. The molecule has 0 aliphatic carbocycles. The smallest absolute Gasteiger partial charge is 0.277 e. The standard InChI is InChI=1S/C16H8Cl3N3O3/c17-10-9-14(12(19)11(18)13(10)23)25-16(22-21-15(9)24)8-5-6-3-1-2-4-7(6)20-8/h1-5,20,23H,(H,21,24). The Labute approximate surface area is 155 Å². The van der Waals surface area contributed by atoms with Crippen molar-refractivity contribution >= 4 is 57.5 Å². The number of para-hydroxylation sites is 1. The van der Waals surface area contributed by atoms with E-state index in [1.165, 1.54) is 0 Å². The lowest BCUT2D eigenvalue weighted by Crippen LogP contribution is -2.18. The highest BCUT2D eigenvalue weighted by atomic mass is 35.5. The number of aromatic nitrogens is 1. The zero-order valence-electron chi connectivity index (χ0n) is 12.2. The number of amides is 1. The number of nitrogens with one attached hydrogen (secondary N) is 2. The van der Waals surface area contributed by atoms with E-state index >= 15 is 0 Å². The lowest BCUT2D eigenvalue weighted by Gasteiger charge is -2.13. The summed E-state index contributed by atoms with van der Waals surface area (Å²) in [5.74, 6) is -1.19. The van der Waals surface area contributed by atoms with Crippen LogP contribution in [0.5, 0.6) is 11.5 Å². The summed E-state index contributed by atoms with van der Waals surface area (Å²) < 4.78 is 5.71. The average molecular weight is 397 g/mol. The Kier molecular flexibility index (Phi) is 3.76. The highest BCUT2D eigenvalue weighted by Gasteiger charge is 2.30. The molecule has 1 aliphatic rings. The van der Waals surface area contributed by atoms with Gasteiger partial charge in [0.15, 0.2) is 11.5 Å². The Balaban J connectivity index is 1.88. The second-order valence-electron chi connectivity index (χ2n) is 5.22. The number of aromatic hydroxyl groups is 1. The summed E-state index contributed by atoms with van der Waals surface area (Å²) in [4.78, 5) is 15.4. The molecule has 1 amide bonds. The summed E-state index contributed by atoms with van der Waals surface area (Å²) in [5.41, 5.74) is 3.55. The zero-order valence-corrected chi connectivity index (χ0v) is 14.5. The van der Waals surface area contributed by atoms with Gasteiger partial charge in [-0.1, -0.05) is 53.0 Å². The Morgan fingerprint density at radius 3 is 2.60 bits per heavy atom. The lowest BCUT2D eigenvalue weighted by molar-refractivity contribution is 0.0955. The molecule has 0 unspecified atom stereocenters. The number of aromatic amines is 1. The van der Waals surface area contributed by atoms with E-state index in [4.69, 9.17) is 39.5 Å². The minimum absolute atomic E-state index is 0.0722. The number of H-pyrrole nitrogens is 1. The van der Waals surface area contributed by atoms with Crippen molar-refractivity contribution in [3.63, 3.8) is 0 Å². The Morgan fingerprint density at radius 1 is 1.08 bits per heavy atom. The Morgan fingerprint density at radius 2 is 1.84 bits per heavy atom. The van der Waals surface area contributed by atoms with Gasteiger partial charge in [0.25, 0.3) is 11.8 Å². The van der Waals surface area contributed by atoms with E-state index in [1.54, 1.807) is 0 Å². The SMILES string of the molecule is O=C1NN=C(c2cc3ccccc3[nH]2)Oc2c(Cl)c(Cl)c(O)c(Cl)c21. The summed E-state index contributed by atoms with van der Waals surface area (Å²) in [6.45, 7) is 0. The van der Waals surface area contributed by atoms with Gasteiger partial charge in [0, 0.05) is 10.9 Å². The summed E-state index contributed by atoms with van der Waals surface area (Å²) >= 11 is 18.1. The van der Waals surface area contributed by atoms with Crippen molar-refractivity contribution < 1.29 is 14.6 Å². The largest absolute Gasteiger partial charge is 0.505 e. The quantitative estimate of drug-likeness (QED) is 0.535. The maximum Gasteiger partial charge on any atom is 0.277 e. The number of hydrogen-bond donors (Lipinski definition) is 3. The molecule has 25 heavy (non-hydrogen) atoms. The molecule has 0 saturated heterocycles. The van der Waals surface area contributed by atoms with Crippen molar-refractivity contribution in [2.75, 3.05) is 0 Å². The van der Waals surface area contributed by atoms with Crippen LogP contribution in [0, 0.1) is 0 Å². The third-order valence-corrected chi connectivity index (χ3v) is 4.89. The average Bonchev–Trinajstić information content (AvgIpc) is 2.96. The summed E-state index contributed by atoms with van der Waals surface area (Å²) in [6.07, 6.45) is 0. The van der Waals surface area contributed by atoms with E-state index < -0.39 is 11.7 Å². The lowest BCUT2D eigenvalue weighted by atomic mass is 10.1. The molecule has 2 aromatic carbocycles. The van der Waals surface area contributed by atoms with Crippen LogP contribution in [0.25, 0.3) is 10.9 Å². The minimum Gasteiger partial charge on any atom is -0.505 e. The Bertz CT molecular complexity index is 1040. The van der Waals surface area contributed by atoms with Gasteiger partial charge in [-0.05, 0) is 12.1 Å². The molecule has 4 rings (SSSR count). The summed E-state index contributed by atoms with van der Waals surface area (Å²) in [6, 6.07) is 9.39. The fourth-order valence-electron chi connectivity index (χ4n) is 2.51. The molecule has 0 saturated carbocycles. The summed E-state index contributed by atoms with van der Waals surface area (Å²) in [5, 5.41) is 14.2. The number of fused-ring (bicyclic) bond motifs is 2. The molecule has 1 aliphatic heterocycles. The van der Waals surface area contributed by atoms with E-state index in [2.05, 4.69) is 15.5 Å². The van der Waals surface area contributed by atoms with Gasteiger partial charge in [-0.15, -0.1) is 5.10 Å². The zero-order chi connectivity index (χ0) is 17.7. The van der Waals surface area contributed by atoms with Gasteiger partial charge in [0.1, 0.15) is 26.3 Å².